The lowest BCUT2D eigenvalue weighted by Crippen LogP contribution is -2.35. The van der Waals surface area contributed by atoms with Gasteiger partial charge in [-0.15, -0.1) is 0 Å². The van der Waals surface area contributed by atoms with Crippen molar-refractivity contribution in [3.63, 3.8) is 0 Å². The highest BCUT2D eigenvalue weighted by Crippen LogP contribution is 2.10. The van der Waals surface area contributed by atoms with Crippen LogP contribution in [0.3, 0.4) is 0 Å². The lowest BCUT2D eigenvalue weighted by molar-refractivity contribution is 0.112. The number of hydrogen-bond acceptors (Lipinski definition) is 4. The minimum absolute atomic E-state index is 0.101. The van der Waals surface area contributed by atoms with Crippen molar-refractivity contribution in [1.82, 2.24) is 15.5 Å². The average molecular weight is 238 g/mol. The number of urea groups is 1. The summed E-state index contributed by atoms with van der Waals surface area (Å²) in [6, 6.07) is 2.37. The third kappa shape index (κ3) is 3.56. The van der Waals surface area contributed by atoms with E-state index in [1.54, 1.807) is 0 Å². The number of rotatable bonds is 3. The summed E-state index contributed by atoms with van der Waals surface area (Å²) in [6.07, 6.45) is 2.11. The Bertz CT molecular complexity index is 419. The van der Waals surface area contributed by atoms with E-state index in [-0.39, 0.29) is 17.7 Å². The fourth-order valence-corrected chi connectivity index (χ4v) is 1.59. The van der Waals surface area contributed by atoms with Crippen molar-refractivity contribution in [2.75, 3.05) is 18.5 Å². The first-order chi connectivity index (χ1) is 8.24. The average Bonchev–Trinajstić information content (AvgIpc) is 2.83. The molecule has 0 saturated carbocycles. The summed E-state index contributed by atoms with van der Waals surface area (Å²) in [4.78, 5) is 22.2. The summed E-state index contributed by atoms with van der Waals surface area (Å²) in [5.74, 6) is 0.300. The predicted molar refractivity (Wildman–Crippen MR) is 60.9 cm³/mol. The third-order valence-electron chi connectivity index (χ3n) is 2.44. The van der Waals surface area contributed by atoms with Crippen LogP contribution in [0.25, 0.3) is 0 Å². The van der Waals surface area contributed by atoms with Gasteiger partial charge >= 0.3 is 6.03 Å². The van der Waals surface area contributed by atoms with Crippen LogP contribution >= 0.6 is 0 Å². The molecule has 2 rings (SSSR count). The zero-order chi connectivity index (χ0) is 12.1. The van der Waals surface area contributed by atoms with Gasteiger partial charge in [0.1, 0.15) is 0 Å². The summed E-state index contributed by atoms with van der Waals surface area (Å²) >= 11 is 0. The van der Waals surface area contributed by atoms with Crippen molar-refractivity contribution >= 4 is 11.8 Å². The molecule has 0 aliphatic carbocycles. The number of carbonyl (C=O) groups excluding carboxylic acids is 1. The van der Waals surface area contributed by atoms with E-state index >= 15 is 0 Å². The first kappa shape index (κ1) is 11.6. The molecular formula is C10H14N4O3. The SMILES string of the molecule is O=C(NCC1CCCO1)Nc1ccc(=O)[nH]n1. The molecule has 0 radical (unpaired) electrons. The highest BCUT2D eigenvalue weighted by molar-refractivity contribution is 5.87. The summed E-state index contributed by atoms with van der Waals surface area (Å²) in [7, 11) is 0. The zero-order valence-corrected chi connectivity index (χ0v) is 9.23. The number of amides is 2. The Kier molecular flexibility index (Phi) is 3.71. The van der Waals surface area contributed by atoms with Gasteiger partial charge in [-0.3, -0.25) is 10.1 Å². The minimum Gasteiger partial charge on any atom is -0.376 e. The van der Waals surface area contributed by atoms with E-state index in [9.17, 15) is 9.59 Å². The third-order valence-corrected chi connectivity index (χ3v) is 2.44. The molecule has 2 amide bonds. The van der Waals surface area contributed by atoms with Crippen LogP contribution in [0.15, 0.2) is 16.9 Å². The fourth-order valence-electron chi connectivity index (χ4n) is 1.59. The van der Waals surface area contributed by atoms with Gasteiger partial charge in [0.2, 0.25) is 0 Å². The van der Waals surface area contributed by atoms with E-state index in [1.807, 2.05) is 0 Å². The minimum atomic E-state index is -0.361. The number of aromatic nitrogens is 2. The highest BCUT2D eigenvalue weighted by Gasteiger charge is 2.16. The Hall–Kier alpha value is -1.89. The number of hydrogen-bond donors (Lipinski definition) is 3. The van der Waals surface area contributed by atoms with Gasteiger partial charge in [-0.1, -0.05) is 0 Å². The molecule has 1 aliphatic rings. The first-order valence-corrected chi connectivity index (χ1v) is 5.46. The van der Waals surface area contributed by atoms with Gasteiger partial charge in [0, 0.05) is 19.2 Å². The van der Waals surface area contributed by atoms with E-state index in [2.05, 4.69) is 20.8 Å². The summed E-state index contributed by atoms with van der Waals surface area (Å²) < 4.78 is 5.36. The smallest absolute Gasteiger partial charge is 0.320 e. The maximum absolute atomic E-state index is 11.4. The monoisotopic (exact) mass is 238 g/mol. The predicted octanol–water partition coefficient (Wildman–Crippen LogP) is 0.0704. The first-order valence-electron chi connectivity index (χ1n) is 5.46. The molecule has 1 unspecified atom stereocenters. The Labute approximate surface area is 97.6 Å². The molecule has 1 aromatic heterocycles. The molecule has 92 valence electrons. The molecule has 0 bridgehead atoms. The standard InChI is InChI=1S/C10H14N4O3/c15-9-4-3-8(13-14-9)12-10(16)11-6-7-2-1-5-17-7/h3-4,7H,1-2,5-6H2,(H,14,15)(H2,11,12,13,16). The molecule has 0 spiro atoms. The van der Waals surface area contributed by atoms with E-state index in [1.165, 1.54) is 12.1 Å². The second-order valence-electron chi connectivity index (χ2n) is 3.78. The maximum Gasteiger partial charge on any atom is 0.320 e. The van der Waals surface area contributed by atoms with E-state index in [0.717, 1.165) is 19.4 Å². The van der Waals surface area contributed by atoms with Crippen molar-refractivity contribution in [1.29, 1.82) is 0 Å². The van der Waals surface area contributed by atoms with E-state index in [0.29, 0.717) is 12.4 Å². The molecule has 2 heterocycles. The van der Waals surface area contributed by atoms with Gasteiger partial charge in [0.15, 0.2) is 5.82 Å². The van der Waals surface area contributed by atoms with Crippen LogP contribution in [0, 0.1) is 0 Å². The normalized spacial score (nSPS) is 18.9. The van der Waals surface area contributed by atoms with Gasteiger partial charge in [-0.05, 0) is 18.9 Å². The lowest BCUT2D eigenvalue weighted by Gasteiger charge is -2.10. The van der Waals surface area contributed by atoms with Crippen LogP contribution in [0.4, 0.5) is 10.6 Å². The molecular weight excluding hydrogens is 224 g/mol. The van der Waals surface area contributed by atoms with Crippen molar-refractivity contribution < 1.29 is 9.53 Å². The fraction of sp³-hybridized carbons (Fsp3) is 0.500. The second kappa shape index (κ2) is 5.44. The Morgan fingerprint density at radius 3 is 3.12 bits per heavy atom. The molecule has 1 atom stereocenters. The van der Waals surface area contributed by atoms with Gasteiger partial charge < -0.3 is 10.1 Å². The summed E-state index contributed by atoms with van der Waals surface area (Å²) in [6.45, 7) is 1.24. The second-order valence-corrected chi connectivity index (χ2v) is 3.78. The topological polar surface area (TPSA) is 96.1 Å². The van der Waals surface area contributed by atoms with Crippen LogP contribution < -0.4 is 16.2 Å². The Morgan fingerprint density at radius 2 is 2.47 bits per heavy atom. The molecule has 0 aromatic carbocycles. The molecule has 1 aliphatic heterocycles. The molecule has 1 saturated heterocycles. The van der Waals surface area contributed by atoms with Gasteiger partial charge in [-0.25, -0.2) is 9.89 Å². The van der Waals surface area contributed by atoms with Crippen LogP contribution in [0.1, 0.15) is 12.8 Å². The number of aromatic amines is 1. The van der Waals surface area contributed by atoms with Crippen LogP contribution in [-0.2, 0) is 4.74 Å². The van der Waals surface area contributed by atoms with Gasteiger partial charge in [-0.2, -0.15) is 5.10 Å². The van der Waals surface area contributed by atoms with E-state index < -0.39 is 0 Å². The van der Waals surface area contributed by atoms with Crippen molar-refractivity contribution in [3.8, 4) is 0 Å². The quantitative estimate of drug-likeness (QED) is 0.694. The van der Waals surface area contributed by atoms with Crippen LogP contribution in [0.5, 0.6) is 0 Å². The van der Waals surface area contributed by atoms with Crippen LogP contribution in [-0.4, -0.2) is 35.5 Å². The van der Waals surface area contributed by atoms with Gasteiger partial charge in [0.25, 0.3) is 5.56 Å². The number of H-pyrrole nitrogens is 1. The van der Waals surface area contributed by atoms with Crippen molar-refractivity contribution in [2.24, 2.45) is 0 Å². The summed E-state index contributed by atoms with van der Waals surface area (Å²) in [5, 5.41) is 11.1. The zero-order valence-electron chi connectivity index (χ0n) is 9.23. The molecule has 3 N–H and O–H groups in total. The van der Waals surface area contributed by atoms with Crippen molar-refractivity contribution in [2.45, 2.75) is 18.9 Å². The molecule has 17 heavy (non-hydrogen) atoms. The Morgan fingerprint density at radius 1 is 1.59 bits per heavy atom. The summed E-state index contributed by atoms with van der Waals surface area (Å²) in [5.41, 5.74) is -0.310. The number of nitrogens with one attached hydrogen (secondary N) is 3. The van der Waals surface area contributed by atoms with E-state index in [4.69, 9.17) is 4.74 Å². The molecule has 7 nitrogen and oxygen atoms in total. The highest BCUT2D eigenvalue weighted by atomic mass is 16.5. The number of nitrogens with zero attached hydrogens (tertiary/aromatic N) is 1. The van der Waals surface area contributed by atoms with Gasteiger partial charge in [0.05, 0.1) is 6.10 Å². The number of ether oxygens (including phenoxy) is 1. The molecule has 7 heteroatoms. The maximum atomic E-state index is 11.4. The molecule has 1 fully saturated rings. The number of carbonyl (C=O) groups is 1. The van der Waals surface area contributed by atoms with Crippen LogP contribution in [0.2, 0.25) is 0 Å². The lowest BCUT2D eigenvalue weighted by atomic mass is 10.2. The molecule has 1 aromatic rings. The van der Waals surface area contributed by atoms with Crippen molar-refractivity contribution in [3.05, 3.63) is 22.5 Å². The Balaban J connectivity index is 1.76. The number of anilines is 1. The largest absolute Gasteiger partial charge is 0.376 e.